The Hall–Kier alpha value is -0.0600. The van der Waals surface area contributed by atoms with Crippen LogP contribution in [0, 0.1) is 5.92 Å². The van der Waals surface area contributed by atoms with Crippen LogP contribution in [0.5, 0.6) is 0 Å². The van der Waals surface area contributed by atoms with Gasteiger partial charge in [0.2, 0.25) is 0 Å². The van der Waals surface area contributed by atoms with Gasteiger partial charge in [-0.05, 0) is 19.8 Å². The molecule has 1 unspecified atom stereocenters. The maximum atomic E-state index is 11.0. The van der Waals surface area contributed by atoms with E-state index in [0.29, 0.717) is 0 Å². The van der Waals surface area contributed by atoms with E-state index in [1.165, 1.54) is 0 Å². The van der Waals surface area contributed by atoms with Crippen LogP contribution in [0.3, 0.4) is 0 Å². The van der Waals surface area contributed by atoms with Crippen molar-refractivity contribution in [3.8, 4) is 0 Å². The van der Waals surface area contributed by atoms with Crippen molar-refractivity contribution in [3.63, 3.8) is 0 Å². The Kier molecular flexibility index (Phi) is 3.55. The molecule has 0 spiro atoms. The third kappa shape index (κ3) is 2.47. The summed E-state index contributed by atoms with van der Waals surface area (Å²) in [6.07, 6.45) is 3.43. The van der Waals surface area contributed by atoms with Gasteiger partial charge in [0.1, 0.15) is 12.0 Å². The molecule has 0 amide bonds. The third-order valence-electron chi connectivity index (χ3n) is 2.39. The molecular weight excluding hydrogens is 174 g/mol. The van der Waals surface area contributed by atoms with Crippen LogP contribution in [0.2, 0.25) is 0 Å². The highest BCUT2D eigenvalue weighted by molar-refractivity contribution is 7.88. The number of Topliss-reactive ketones (excluding diaryl/α,β-unsaturated/α-hetero) is 1. The largest absolute Gasteiger partial charge is 0.598 e. The van der Waals surface area contributed by atoms with Gasteiger partial charge in [0.15, 0.2) is 0 Å². The molecule has 0 aromatic rings. The number of carbonyl (C=O) groups is 1. The van der Waals surface area contributed by atoms with Crippen molar-refractivity contribution in [3.05, 3.63) is 0 Å². The molecule has 1 saturated heterocycles. The first kappa shape index (κ1) is 10.0. The van der Waals surface area contributed by atoms with Crippen LogP contribution in [0.25, 0.3) is 0 Å². The average Bonchev–Trinajstić information content (AvgIpc) is 2.04. The van der Waals surface area contributed by atoms with Crippen molar-refractivity contribution in [1.82, 2.24) is 4.31 Å². The van der Waals surface area contributed by atoms with E-state index in [1.54, 1.807) is 13.2 Å². The van der Waals surface area contributed by atoms with Crippen molar-refractivity contribution in [2.45, 2.75) is 19.8 Å². The van der Waals surface area contributed by atoms with Gasteiger partial charge in [0, 0.05) is 30.4 Å². The van der Waals surface area contributed by atoms with Gasteiger partial charge in [0.25, 0.3) is 0 Å². The van der Waals surface area contributed by atoms with Crippen LogP contribution in [-0.2, 0) is 16.2 Å². The summed E-state index contributed by atoms with van der Waals surface area (Å²) in [5.74, 6) is 0.487. The molecule has 0 aromatic heterocycles. The lowest BCUT2D eigenvalue weighted by Gasteiger charge is -2.29. The number of rotatable bonds is 2. The van der Waals surface area contributed by atoms with Gasteiger partial charge in [-0.15, -0.1) is 4.31 Å². The molecule has 1 aliphatic heterocycles. The highest BCUT2D eigenvalue weighted by Crippen LogP contribution is 2.19. The molecule has 0 N–H and O–H groups in total. The fourth-order valence-corrected chi connectivity index (χ4v) is 2.24. The van der Waals surface area contributed by atoms with Crippen molar-refractivity contribution < 1.29 is 9.35 Å². The van der Waals surface area contributed by atoms with Crippen molar-refractivity contribution >= 4 is 17.1 Å². The summed E-state index contributed by atoms with van der Waals surface area (Å²) in [5, 5.41) is 0. The van der Waals surface area contributed by atoms with Crippen LogP contribution in [-0.4, -0.2) is 34.0 Å². The second-order valence-corrected chi connectivity index (χ2v) is 4.60. The number of carbonyl (C=O) groups excluding carboxylic acids is 1. The van der Waals surface area contributed by atoms with Crippen molar-refractivity contribution in [2.75, 3.05) is 19.3 Å². The zero-order valence-corrected chi connectivity index (χ0v) is 8.39. The lowest BCUT2D eigenvalue weighted by Crippen LogP contribution is -2.39. The third-order valence-corrected chi connectivity index (χ3v) is 3.48. The van der Waals surface area contributed by atoms with E-state index in [2.05, 4.69) is 0 Å². The van der Waals surface area contributed by atoms with Gasteiger partial charge in [-0.1, -0.05) is 0 Å². The fourth-order valence-electron chi connectivity index (χ4n) is 1.52. The molecule has 4 heteroatoms. The molecule has 1 rings (SSSR count). The SMILES string of the molecule is CC(=O)C1CCN([S+](C)[O-])CC1. The summed E-state index contributed by atoms with van der Waals surface area (Å²) < 4.78 is 12.9. The minimum Gasteiger partial charge on any atom is -0.598 e. The Balaban J connectivity index is 2.34. The molecule has 12 heavy (non-hydrogen) atoms. The maximum Gasteiger partial charge on any atom is 0.133 e. The van der Waals surface area contributed by atoms with E-state index >= 15 is 0 Å². The fraction of sp³-hybridized carbons (Fsp3) is 0.875. The normalized spacial score (nSPS) is 23.9. The molecule has 0 aromatic carbocycles. The molecule has 1 fully saturated rings. The van der Waals surface area contributed by atoms with Crippen LogP contribution in [0.1, 0.15) is 19.8 Å². The number of nitrogens with zero attached hydrogens (tertiary/aromatic N) is 1. The van der Waals surface area contributed by atoms with Crippen LogP contribution < -0.4 is 0 Å². The molecule has 1 aliphatic rings. The maximum absolute atomic E-state index is 11.0. The van der Waals surface area contributed by atoms with E-state index in [9.17, 15) is 9.35 Å². The summed E-state index contributed by atoms with van der Waals surface area (Å²) in [5.41, 5.74) is 0. The number of hydrogen-bond donors (Lipinski definition) is 0. The van der Waals surface area contributed by atoms with Gasteiger partial charge in [-0.3, -0.25) is 4.79 Å². The van der Waals surface area contributed by atoms with E-state index in [-0.39, 0.29) is 11.7 Å². The quantitative estimate of drug-likeness (QED) is 0.597. The first-order valence-electron chi connectivity index (χ1n) is 4.20. The van der Waals surface area contributed by atoms with Crippen LogP contribution in [0.15, 0.2) is 0 Å². The topological polar surface area (TPSA) is 43.4 Å². The lowest BCUT2D eigenvalue weighted by molar-refractivity contribution is -0.121. The Morgan fingerprint density at radius 1 is 1.50 bits per heavy atom. The van der Waals surface area contributed by atoms with Gasteiger partial charge < -0.3 is 4.55 Å². The molecule has 70 valence electrons. The second-order valence-electron chi connectivity index (χ2n) is 3.24. The molecule has 0 radical (unpaired) electrons. The minimum atomic E-state index is -0.858. The molecule has 3 nitrogen and oxygen atoms in total. The molecule has 0 saturated carbocycles. The predicted molar refractivity (Wildman–Crippen MR) is 49.0 cm³/mol. The molecule has 1 heterocycles. The summed E-state index contributed by atoms with van der Waals surface area (Å²) in [7, 11) is 0. The summed E-state index contributed by atoms with van der Waals surface area (Å²) in [6, 6.07) is 0. The summed E-state index contributed by atoms with van der Waals surface area (Å²) in [6.45, 7) is 3.24. The van der Waals surface area contributed by atoms with E-state index in [4.69, 9.17) is 0 Å². The zero-order valence-electron chi connectivity index (χ0n) is 7.58. The van der Waals surface area contributed by atoms with E-state index in [0.717, 1.165) is 25.9 Å². The smallest absolute Gasteiger partial charge is 0.133 e. The first-order chi connectivity index (χ1) is 5.61. The highest BCUT2D eigenvalue weighted by atomic mass is 32.2. The summed E-state index contributed by atoms with van der Waals surface area (Å²) >= 11 is -0.858. The standard InChI is InChI=1S/C8H15NO2S/c1-7(10)8-3-5-9(6-4-8)12(2)11/h8H,3-6H2,1-2H3. The van der Waals surface area contributed by atoms with E-state index in [1.807, 2.05) is 4.31 Å². The molecular formula is C8H15NO2S. The molecule has 1 atom stereocenters. The number of ketones is 1. The van der Waals surface area contributed by atoms with Gasteiger partial charge in [-0.25, -0.2) is 0 Å². The number of piperidine rings is 1. The first-order valence-corrected chi connectivity index (χ1v) is 5.71. The Bertz CT molecular complexity index is 164. The lowest BCUT2D eigenvalue weighted by atomic mass is 9.95. The van der Waals surface area contributed by atoms with Crippen LogP contribution >= 0.6 is 0 Å². The Morgan fingerprint density at radius 3 is 2.33 bits per heavy atom. The Labute approximate surface area is 76.4 Å². The Morgan fingerprint density at radius 2 is 2.00 bits per heavy atom. The van der Waals surface area contributed by atoms with E-state index < -0.39 is 11.4 Å². The van der Waals surface area contributed by atoms with Gasteiger partial charge in [-0.2, -0.15) is 0 Å². The average molecular weight is 189 g/mol. The number of hydrogen-bond acceptors (Lipinski definition) is 3. The van der Waals surface area contributed by atoms with Gasteiger partial charge >= 0.3 is 0 Å². The van der Waals surface area contributed by atoms with Crippen molar-refractivity contribution in [2.24, 2.45) is 5.92 Å². The highest BCUT2D eigenvalue weighted by Gasteiger charge is 2.26. The molecule has 0 aliphatic carbocycles. The van der Waals surface area contributed by atoms with Gasteiger partial charge in [0.05, 0.1) is 0 Å². The summed E-state index contributed by atoms with van der Waals surface area (Å²) in [4.78, 5) is 11.0. The van der Waals surface area contributed by atoms with Crippen LogP contribution in [0.4, 0.5) is 0 Å². The monoisotopic (exact) mass is 189 g/mol. The molecule has 0 bridgehead atoms. The second kappa shape index (κ2) is 4.25. The zero-order chi connectivity index (χ0) is 9.14. The minimum absolute atomic E-state index is 0.213. The predicted octanol–water partition coefficient (Wildman–Crippen LogP) is 0.581. The van der Waals surface area contributed by atoms with Crippen molar-refractivity contribution in [1.29, 1.82) is 0 Å².